The number of anilines is 2. The van der Waals surface area contributed by atoms with Gasteiger partial charge in [0.1, 0.15) is 6.35 Å². The summed E-state index contributed by atoms with van der Waals surface area (Å²) in [4.78, 5) is 30.0. The predicted octanol–water partition coefficient (Wildman–Crippen LogP) is 0.382. The summed E-state index contributed by atoms with van der Waals surface area (Å²) < 4.78 is 17.3. The number of ether oxygens (including phenoxy) is 1. The Morgan fingerprint density at radius 2 is 2.23 bits per heavy atom. The molecule has 10 nitrogen and oxygen atoms in total. The molecule has 0 radical (unpaired) electrons. The van der Waals surface area contributed by atoms with Crippen LogP contribution < -0.4 is 11.1 Å². The molecule has 2 rings (SSSR count). The summed E-state index contributed by atoms with van der Waals surface area (Å²) in [5.41, 5.74) is 6.84. The van der Waals surface area contributed by atoms with Crippen molar-refractivity contribution in [1.29, 1.82) is 0 Å². The molecule has 0 unspecified atom stereocenters. The first-order valence-corrected chi connectivity index (χ1v) is 8.55. The molecule has 0 amide bonds. The standard InChI is InChI=1S/C11H19N6O4P/c1-2-3-13-9-8-10(16-11(12)15-9)17(6-14-8)4-5-21-7-22(18,19)20/h6H,2-5,7H2,1H3,(H2,18,19,20)(H3,12,13,15,16). The zero-order valence-electron chi connectivity index (χ0n) is 12.1. The minimum Gasteiger partial charge on any atom is -0.368 e. The highest BCUT2D eigenvalue weighted by molar-refractivity contribution is 7.51. The van der Waals surface area contributed by atoms with E-state index in [0.717, 1.165) is 13.0 Å². The van der Waals surface area contributed by atoms with Crippen LogP contribution in [-0.2, 0) is 15.8 Å². The summed E-state index contributed by atoms with van der Waals surface area (Å²) in [7, 11) is -4.15. The average molecular weight is 330 g/mol. The molecule has 2 aromatic heterocycles. The molecule has 0 fully saturated rings. The number of nitrogens with zero attached hydrogens (tertiary/aromatic N) is 4. The molecule has 22 heavy (non-hydrogen) atoms. The van der Waals surface area contributed by atoms with E-state index in [1.807, 2.05) is 6.92 Å². The molecule has 0 aromatic carbocycles. The van der Waals surface area contributed by atoms with Crippen LogP contribution in [0, 0.1) is 0 Å². The highest BCUT2D eigenvalue weighted by atomic mass is 31.2. The van der Waals surface area contributed by atoms with Crippen molar-refractivity contribution in [3.05, 3.63) is 6.33 Å². The number of imidazole rings is 1. The van der Waals surface area contributed by atoms with E-state index in [0.29, 0.717) is 23.5 Å². The molecule has 5 N–H and O–H groups in total. The summed E-state index contributed by atoms with van der Waals surface area (Å²) in [6.45, 7) is 3.24. The lowest BCUT2D eigenvalue weighted by Gasteiger charge is -2.08. The van der Waals surface area contributed by atoms with E-state index in [1.165, 1.54) is 0 Å². The Morgan fingerprint density at radius 3 is 2.91 bits per heavy atom. The normalized spacial score (nSPS) is 12.0. The Morgan fingerprint density at radius 1 is 1.45 bits per heavy atom. The van der Waals surface area contributed by atoms with Crippen molar-refractivity contribution >= 4 is 30.5 Å². The number of hydrogen-bond acceptors (Lipinski definition) is 7. The van der Waals surface area contributed by atoms with Crippen molar-refractivity contribution in [2.45, 2.75) is 19.9 Å². The van der Waals surface area contributed by atoms with Gasteiger partial charge in [0.15, 0.2) is 17.0 Å². The van der Waals surface area contributed by atoms with Crippen LogP contribution >= 0.6 is 7.60 Å². The molecule has 0 spiro atoms. The van der Waals surface area contributed by atoms with Crippen LogP contribution in [0.3, 0.4) is 0 Å². The fourth-order valence-electron chi connectivity index (χ4n) is 1.84. The lowest BCUT2D eigenvalue weighted by atomic mass is 10.4. The van der Waals surface area contributed by atoms with Gasteiger partial charge in [-0.2, -0.15) is 9.97 Å². The number of rotatable bonds is 8. The molecule has 0 saturated heterocycles. The van der Waals surface area contributed by atoms with E-state index in [1.54, 1.807) is 10.9 Å². The average Bonchev–Trinajstić information content (AvgIpc) is 2.83. The highest BCUT2D eigenvalue weighted by Crippen LogP contribution is 2.33. The molecule has 11 heteroatoms. The van der Waals surface area contributed by atoms with Gasteiger partial charge in [-0.3, -0.25) is 4.57 Å². The van der Waals surface area contributed by atoms with Gasteiger partial charge in [-0.25, -0.2) is 4.98 Å². The predicted molar refractivity (Wildman–Crippen MR) is 81.4 cm³/mol. The quantitative estimate of drug-likeness (QED) is 0.398. The van der Waals surface area contributed by atoms with Crippen molar-refractivity contribution in [3.8, 4) is 0 Å². The second-order valence-electron chi connectivity index (χ2n) is 4.67. The number of nitrogens with one attached hydrogen (secondary N) is 1. The summed E-state index contributed by atoms with van der Waals surface area (Å²) in [5, 5.41) is 3.14. The molecular formula is C11H19N6O4P. The molecule has 0 aliphatic rings. The lowest BCUT2D eigenvalue weighted by Crippen LogP contribution is -2.09. The summed E-state index contributed by atoms with van der Waals surface area (Å²) in [6.07, 6.45) is 1.89. The Hall–Kier alpha value is -1.74. The Kier molecular flexibility index (Phi) is 5.30. The third-order valence-corrected chi connectivity index (χ3v) is 3.28. The molecule has 0 saturated carbocycles. The number of aromatic nitrogens is 4. The fourth-order valence-corrected chi connectivity index (χ4v) is 2.20. The van der Waals surface area contributed by atoms with Gasteiger partial charge in [0, 0.05) is 13.1 Å². The second-order valence-corrected chi connectivity index (χ2v) is 6.26. The highest BCUT2D eigenvalue weighted by Gasteiger charge is 2.14. The van der Waals surface area contributed by atoms with E-state index >= 15 is 0 Å². The Balaban J connectivity index is 2.11. The van der Waals surface area contributed by atoms with E-state index in [9.17, 15) is 4.57 Å². The molecule has 2 heterocycles. The van der Waals surface area contributed by atoms with Crippen LogP contribution in [0.5, 0.6) is 0 Å². The topological polar surface area (TPSA) is 148 Å². The molecule has 0 bridgehead atoms. The van der Waals surface area contributed by atoms with Crippen molar-refractivity contribution in [2.75, 3.05) is 30.6 Å². The van der Waals surface area contributed by atoms with Crippen molar-refractivity contribution in [3.63, 3.8) is 0 Å². The maximum atomic E-state index is 10.7. The van der Waals surface area contributed by atoms with E-state index in [4.69, 9.17) is 20.3 Å². The maximum Gasteiger partial charge on any atom is 0.350 e. The largest absolute Gasteiger partial charge is 0.368 e. The molecule has 0 aliphatic heterocycles. The third kappa shape index (κ3) is 4.38. The van der Waals surface area contributed by atoms with Crippen LogP contribution in [0.25, 0.3) is 11.2 Å². The summed E-state index contributed by atoms with van der Waals surface area (Å²) in [6, 6.07) is 0. The molecule has 0 aliphatic carbocycles. The lowest BCUT2D eigenvalue weighted by molar-refractivity contribution is 0.149. The van der Waals surface area contributed by atoms with Gasteiger partial charge in [0.25, 0.3) is 0 Å². The van der Waals surface area contributed by atoms with Gasteiger partial charge in [-0.05, 0) is 6.42 Å². The first kappa shape index (κ1) is 16.6. The Bertz CT molecular complexity index is 685. The van der Waals surface area contributed by atoms with Gasteiger partial charge < -0.3 is 30.1 Å². The van der Waals surface area contributed by atoms with Crippen molar-refractivity contribution in [2.24, 2.45) is 0 Å². The number of nitrogen functional groups attached to an aromatic ring is 1. The van der Waals surface area contributed by atoms with Crippen LogP contribution in [-0.4, -0.2) is 48.8 Å². The van der Waals surface area contributed by atoms with Crippen molar-refractivity contribution < 1.29 is 19.1 Å². The summed E-state index contributed by atoms with van der Waals surface area (Å²) in [5.74, 6) is 0.697. The van der Waals surface area contributed by atoms with Gasteiger partial charge in [-0.1, -0.05) is 6.92 Å². The second kappa shape index (κ2) is 7.01. The SMILES string of the molecule is CCCNc1nc(N)nc2c1ncn2CCOCP(=O)(O)O. The minimum atomic E-state index is -4.15. The van der Waals surface area contributed by atoms with Crippen LogP contribution in [0.2, 0.25) is 0 Å². The fraction of sp³-hybridized carbons (Fsp3) is 0.545. The zero-order valence-corrected chi connectivity index (χ0v) is 13.0. The van der Waals surface area contributed by atoms with Crippen LogP contribution in [0.1, 0.15) is 13.3 Å². The van der Waals surface area contributed by atoms with E-state index in [-0.39, 0.29) is 12.6 Å². The van der Waals surface area contributed by atoms with E-state index in [2.05, 4.69) is 20.3 Å². The van der Waals surface area contributed by atoms with Crippen LogP contribution in [0.15, 0.2) is 6.33 Å². The van der Waals surface area contributed by atoms with Gasteiger partial charge in [0.05, 0.1) is 12.9 Å². The number of fused-ring (bicyclic) bond motifs is 1. The van der Waals surface area contributed by atoms with Gasteiger partial charge >= 0.3 is 7.60 Å². The van der Waals surface area contributed by atoms with Gasteiger partial charge in [0.2, 0.25) is 5.95 Å². The van der Waals surface area contributed by atoms with Gasteiger partial charge in [-0.15, -0.1) is 0 Å². The monoisotopic (exact) mass is 330 g/mol. The number of hydrogen-bond donors (Lipinski definition) is 4. The molecular weight excluding hydrogens is 311 g/mol. The smallest absolute Gasteiger partial charge is 0.350 e. The first-order valence-electron chi connectivity index (χ1n) is 6.75. The molecule has 122 valence electrons. The Labute approximate surface area is 126 Å². The first-order chi connectivity index (χ1) is 10.4. The van der Waals surface area contributed by atoms with Crippen molar-refractivity contribution in [1.82, 2.24) is 19.5 Å². The third-order valence-electron chi connectivity index (χ3n) is 2.76. The van der Waals surface area contributed by atoms with E-state index < -0.39 is 13.9 Å². The maximum absolute atomic E-state index is 10.7. The summed E-state index contributed by atoms with van der Waals surface area (Å²) >= 11 is 0. The number of nitrogens with two attached hydrogens (primary N) is 1. The zero-order chi connectivity index (χ0) is 16.2. The van der Waals surface area contributed by atoms with Crippen LogP contribution in [0.4, 0.5) is 11.8 Å². The molecule has 0 atom stereocenters. The minimum absolute atomic E-state index is 0.123. The molecule has 2 aromatic rings.